The Morgan fingerprint density at radius 1 is 1.15 bits per heavy atom. The summed E-state index contributed by atoms with van der Waals surface area (Å²) in [6, 6.07) is 9.10. The van der Waals surface area contributed by atoms with Crippen LogP contribution in [0.2, 0.25) is 0 Å². The summed E-state index contributed by atoms with van der Waals surface area (Å²) in [6.07, 6.45) is 1.22. The number of rotatable bonds is 4. The van der Waals surface area contributed by atoms with E-state index in [2.05, 4.69) is 25.8 Å². The molecule has 2 N–H and O–H groups in total. The molecule has 1 aliphatic rings. The molecule has 0 saturated carbocycles. The Labute approximate surface area is 161 Å². The smallest absolute Gasteiger partial charge is 0.251 e. The van der Waals surface area contributed by atoms with E-state index >= 15 is 0 Å². The van der Waals surface area contributed by atoms with Crippen LogP contribution >= 0.6 is 12.2 Å². The predicted octanol–water partition coefficient (Wildman–Crippen LogP) is 1.86. The van der Waals surface area contributed by atoms with Crippen LogP contribution in [0.15, 0.2) is 35.4 Å². The van der Waals surface area contributed by atoms with Gasteiger partial charge in [-0.3, -0.25) is 14.5 Å². The minimum Gasteiger partial charge on any atom is -0.301 e. The second kappa shape index (κ2) is 7.58. The quantitative estimate of drug-likeness (QED) is 0.362. The van der Waals surface area contributed by atoms with E-state index in [1.807, 2.05) is 39.0 Å². The predicted molar refractivity (Wildman–Crippen MR) is 107 cm³/mol. The number of hydrogen-bond acceptors (Lipinski definition) is 7. The van der Waals surface area contributed by atoms with Gasteiger partial charge in [-0.15, -0.1) is 0 Å². The van der Waals surface area contributed by atoms with E-state index in [1.54, 1.807) is 12.1 Å². The number of benzene rings is 1. The number of aromatic nitrogens is 2. The van der Waals surface area contributed by atoms with Gasteiger partial charge in [0.05, 0.1) is 5.69 Å². The van der Waals surface area contributed by atoms with E-state index in [0.717, 1.165) is 17.0 Å². The highest BCUT2D eigenvalue weighted by Gasteiger charge is 2.38. The maximum absolute atomic E-state index is 12.8. The molecule has 0 aliphatic carbocycles. The monoisotopic (exact) mass is 382 g/mol. The molecule has 0 radical (unpaired) electrons. The van der Waals surface area contributed by atoms with Gasteiger partial charge >= 0.3 is 0 Å². The molecule has 1 aromatic carbocycles. The maximum atomic E-state index is 12.8. The van der Waals surface area contributed by atoms with Crippen LogP contribution in [-0.2, 0) is 9.59 Å². The molecule has 138 valence electrons. The SMILES string of the molecule is Cc1ccc(N2C(=O)[C@H](/C=N\Nc3nc(C)cc(C)n3)C(=O)NC2=S)cc1. The molecule has 2 amide bonds. The summed E-state index contributed by atoms with van der Waals surface area (Å²) in [4.78, 5) is 34.7. The molecule has 1 atom stereocenters. The first kappa shape index (κ1) is 18.6. The van der Waals surface area contributed by atoms with E-state index in [4.69, 9.17) is 12.2 Å². The highest BCUT2D eigenvalue weighted by molar-refractivity contribution is 7.80. The van der Waals surface area contributed by atoms with Gasteiger partial charge in [-0.05, 0) is 51.2 Å². The summed E-state index contributed by atoms with van der Waals surface area (Å²) in [5.41, 5.74) is 5.84. The van der Waals surface area contributed by atoms with Crippen molar-refractivity contribution in [1.29, 1.82) is 0 Å². The lowest BCUT2D eigenvalue weighted by molar-refractivity contribution is -0.130. The normalized spacial score (nSPS) is 17.4. The van der Waals surface area contributed by atoms with E-state index in [1.165, 1.54) is 11.1 Å². The van der Waals surface area contributed by atoms with Gasteiger partial charge in [-0.1, -0.05) is 17.7 Å². The maximum Gasteiger partial charge on any atom is 0.251 e. The molecular formula is C18H18N6O2S. The third kappa shape index (κ3) is 4.14. The molecule has 1 aliphatic heterocycles. The zero-order chi connectivity index (χ0) is 19.6. The Morgan fingerprint density at radius 2 is 1.78 bits per heavy atom. The van der Waals surface area contributed by atoms with Gasteiger partial charge in [-0.2, -0.15) is 5.10 Å². The van der Waals surface area contributed by atoms with Crippen molar-refractivity contribution < 1.29 is 9.59 Å². The van der Waals surface area contributed by atoms with Crippen LogP contribution in [0.4, 0.5) is 11.6 Å². The van der Waals surface area contributed by atoms with Crippen molar-refractivity contribution in [3.8, 4) is 0 Å². The summed E-state index contributed by atoms with van der Waals surface area (Å²) < 4.78 is 0. The van der Waals surface area contributed by atoms with Crippen LogP contribution < -0.4 is 15.6 Å². The molecule has 27 heavy (non-hydrogen) atoms. The van der Waals surface area contributed by atoms with Crippen molar-refractivity contribution in [2.75, 3.05) is 10.3 Å². The van der Waals surface area contributed by atoms with E-state index < -0.39 is 17.7 Å². The van der Waals surface area contributed by atoms with Crippen LogP contribution in [0.1, 0.15) is 17.0 Å². The van der Waals surface area contributed by atoms with Gasteiger partial charge in [0.25, 0.3) is 5.91 Å². The van der Waals surface area contributed by atoms with Gasteiger partial charge in [0.2, 0.25) is 11.9 Å². The number of amides is 2. The first-order valence-electron chi connectivity index (χ1n) is 8.22. The van der Waals surface area contributed by atoms with Gasteiger partial charge in [0.1, 0.15) is 0 Å². The van der Waals surface area contributed by atoms with Crippen molar-refractivity contribution in [2.24, 2.45) is 11.0 Å². The lowest BCUT2D eigenvalue weighted by Crippen LogP contribution is -2.58. The largest absolute Gasteiger partial charge is 0.301 e. The summed E-state index contributed by atoms with van der Waals surface area (Å²) in [7, 11) is 0. The Bertz CT molecular complexity index is 921. The molecule has 9 heteroatoms. The van der Waals surface area contributed by atoms with Gasteiger partial charge in [0, 0.05) is 17.6 Å². The highest BCUT2D eigenvalue weighted by Crippen LogP contribution is 2.20. The van der Waals surface area contributed by atoms with Gasteiger partial charge < -0.3 is 5.32 Å². The zero-order valence-electron chi connectivity index (χ0n) is 15.1. The molecule has 8 nitrogen and oxygen atoms in total. The molecule has 3 rings (SSSR count). The molecule has 1 aromatic heterocycles. The minimum atomic E-state index is -1.11. The number of hydrazone groups is 1. The Kier molecular flexibility index (Phi) is 5.22. The van der Waals surface area contributed by atoms with E-state index in [0.29, 0.717) is 11.6 Å². The zero-order valence-corrected chi connectivity index (χ0v) is 15.9. The van der Waals surface area contributed by atoms with Crippen molar-refractivity contribution in [3.63, 3.8) is 0 Å². The summed E-state index contributed by atoms with van der Waals surface area (Å²) in [5, 5.41) is 6.55. The minimum absolute atomic E-state index is 0.0455. The standard InChI is InChI=1S/C18H18N6O2S/c1-10-4-6-13(7-5-10)24-16(26)14(15(25)22-18(24)27)9-19-23-17-20-11(2)8-12(3)21-17/h4-9,14H,1-3H3,(H,20,21,23)(H,22,25,27)/b19-9-/t14-/m1/s1. The van der Waals surface area contributed by atoms with Gasteiger partial charge in [0.15, 0.2) is 11.0 Å². The molecule has 1 fully saturated rings. The third-order valence-corrected chi connectivity index (χ3v) is 4.15. The third-order valence-electron chi connectivity index (χ3n) is 3.86. The number of nitrogens with one attached hydrogen (secondary N) is 2. The van der Waals surface area contributed by atoms with E-state index in [9.17, 15) is 9.59 Å². The average molecular weight is 382 g/mol. The fourth-order valence-corrected chi connectivity index (χ4v) is 2.90. The van der Waals surface area contributed by atoms with Crippen LogP contribution in [0, 0.1) is 26.7 Å². The van der Waals surface area contributed by atoms with Crippen molar-refractivity contribution in [1.82, 2.24) is 15.3 Å². The number of anilines is 2. The first-order chi connectivity index (χ1) is 12.8. The summed E-state index contributed by atoms with van der Waals surface area (Å²) in [5.74, 6) is -1.82. The van der Waals surface area contributed by atoms with Crippen molar-refractivity contribution in [3.05, 3.63) is 47.3 Å². The molecule has 0 bridgehead atoms. The van der Waals surface area contributed by atoms with Crippen LogP contribution in [-0.4, -0.2) is 33.1 Å². The van der Waals surface area contributed by atoms with Crippen LogP contribution in [0.25, 0.3) is 0 Å². The molecule has 2 heterocycles. The second-order valence-corrected chi connectivity index (χ2v) is 6.53. The Balaban J connectivity index is 1.79. The number of thiocarbonyl (C=S) groups is 1. The Hall–Kier alpha value is -3.20. The Morgan fingerprint density at radius 3 is 2.41 bits per heavy atom. The topological polar surface area (TPSA) is 99.6 Å². The highest BCUT2D eigenvalue weighted by atomic mass is 32.1. The van der Waals surface area contributed by atoms with Crippen LogP contribution in [0.3, 0.4) is 0 Å². The second-order valence-electron chi connectivity index (χ2n) is 6.15. The molecule has 0 spiro atoms. The number of nitrogens with zero attached hydrogens (tertiary/aromatic N) is 4. The van der Waals surface area contributed by atoms with Gasteiger partial charge in [-0.25, -0.2) is 15.4 Å². The van der Waals surface area contributed by atoms with Crippen LogP contribution in [0.5, 0.6) is 0 Å². The number of carbonyl (C=O) groups excluding carboxylic acids is 2. The summed E-state index contributed by atoms with van der Waals surface area (Å²) >= 11 is 5.16. The number of carbonyl (C=O) groups is 2. The summed E-state index contributed by atoms with van der Waals surface area (Å²) in [6.45, 7) is 5.61. The van der Waals surface area contributed by atoms with Crippen molar-refractivity contribution >= 4 is 47.0 Å². The first-order valence-corrected chi connectivity index (χ1v) is 8.63. The number of aryl methyl sites for hydroxylation is 3. The fourth-order valence-electron chi connectivity index (χ4n) is 2.61. The lowest BCUT2D eigenvalue weighted by Gasteiger charge is -2.30. The fraction of sp³-hybridized carbons (Fsp3) is 0.222. The van der Waals surface area contributed by atoms with Crippen molar-refractivity contribution in [2.45, 2.75) is 20.8 Å². The average Bonchev–Trinajstić information content (AvgIpc) is 2.58. The lowest BCUT2D eigenvalue weighted by atomic mass is 10.1. The molecule has 2 aromatic rings. The number of hydrogen-bond donors (Lipinski definition) is 2. The molecule has 1 saturated heterocycles. The molecule has 0 unspecified atom stereocenters. The van der Waals surface area contributed by atoms with E-state index in [-0.39, 0.29) is 5.11 Å². The molecular weight excluding hydrogens is 364 g/mol.